The Morgan fingerprint density at radius 1 is 1.30 bits per heavy atom. The fourth-order valence-corrected chi connectivity index (χ4v) is 3.80. The van der Waals surface area contributed by atoms with Crippen molar-refractivity contribution in [3.8, 4) is 0 Å². The lowest BCUT2D eigenvalue weighted by Gasteiger charge is -2.00. The van der Waals surface area contributed by atoms with Gasteiger partial charge in [0.1, 0.15) is 0 Å². The largest absolute Gasteiger partial charge is 0.466 e. The van der Waals surface area contributed by atoms with Gasteiger partial charge in [-0.3, -0.25) is 4.79 Å². The predicted octanol–water partition coefficient (Wildman–Crippen LogP) is 3.51. The molecule has 3 atom stereocenters. The van der Waals surface area contributed by atoms with Crippen LogP contribution in [-0.2, 0) is 9.53 Å². The van der Waals surface area contributed by atoms with Crippen molar-refractivity contribution in [3.05, 3.63) is 52.0 Å². The highest BCUT2D eigenvalue weighted by Crippen LogP contribution is 2.61. The Balaban J connectivity index is 1.89. The Labute approximate surface area is 122 Å². The first kappa shape index (κ1) is 13.3. The molecule has 1 fully saturated rings. The van der Waals surface area contributed by atoms with Gasteiger partial charge in [-0.25, -0.2) is 4.98 Å². The molecule has 104 valence electrons. The van der Waals surface area contributed by atoms with Gasteiger partial charge in [0.25, 0.3) is 0 Å². The maximum Gasteiger partial charge on any atom is 0.310 e. The van der Waals surface area contributed by atoms with Gasteiger partial charge in [-0.05, 0) is 19.4 Å². The standard InChI is InChI=1S/C16H17NO2S/c1-3-19-16(18)15-13(11-7-5-4-6-8-11)14(15)12-9-17-10(2)20-12/h4-9,13-15H,3H2,1-2H3. The minimum atomic E-state index is -0.0857. The average molecular weight is 287 g/mol. The summed E-state index contributed by atoms with van der Waals surface area (Å²) in [6.45, 7) is 4.28. The summed E-state index contributed by atoms with van der Waals surface area (Å²) in [5.74, 6) is 0.312. The third-order valence-electron chi connectivity index (χ3n) is 3.73. The summed E-state index contributed by atoms with van der Waals surface area (Å²) in [5, 5.41) is 1.04. The molecule has 0 amide bonds. The maximum absolute atomic E-state index is 12.1. The molecule has 1 heterocycles. The monoisotopic (exact) mass is 287 g/mol. The van der Waals surface area contributed by atoms with Gasteiger partial charge in [-0.1, -0.05) is 30.3 Å². The molecule has 1 aromatic heterocycles. The fraction of sp³-hybridized carbons (Fsp3) is 0.375. The second-order valence-electron chi connectivity index (χ2n) is 5.02. The van der Waals surface area contributed by atoms with Crippen molar-refractivity contribution in [1.29, 1.82) is 0 Å². The van der Waals surface area contributed by atoms with Crippen LogP contribution in [0.3, 0.4) is 0 Å². The summed E-state index contributed by atoms with van der Waals surface area (Å²) in [6.07, 6.45) is 1.90. The minimum Gasteiger partial charge on any atom is -0.466 e. The van der Waals surface area contributed by atoms with Gasteiger partial charge in [0.2, 0.25) is 0 Å². The predicted molar refractivity (Wildman–Crippen MR) is 78.9 cm³/mol. The van der Waals surface area contributed by atoms with Crippen molar-refractivity contribution in [2.75, 3.05) is 6.61 Å². The Bertz CT molecular complexity index is 608. The molecule has 2 aromatic rings. The molecule has 1 aliphatic carbocycles. The van der Waals surface area contributed by atoms with E-state index in [0.717, 1.165) is 5.01 Å². The van der Waals surface area contributed by atoms with Crippen LogP contribution in [0.5, 0.6) is 0 Å². The van der Waals surface area contributed by atoms with Crippen LogP contribution < -0.4 is 0 Å². The van der Waals surface area contributed by atoms with E-state index in [0.29, 0.717) is 6.61 Å². The number of carbonyl (C=O) groups excluding carboxylic acids is 1. The molecule has 0 N–H and O–H groups in total. The third-order valence-corrected chi connectivity index (χ3v) is 4.74. The van der Waals surface area contributed by atoms with E-state index in [1.807, 2.05) is 38.2 Å². The fourth-order valence-electron chi connectivity index (χ4n) is 2.82. The number of hydrogen-bond donors (Lipinski definition) is 0. The zero-order chi connectivity index (χ0) is 14.1. The molecule has 0 radical (unpaired) electrons. The number of carbonyl (C=O) groups is 1. The van der Waals surface area contributed by atoms with Gasteiger partial charge in [0.05, 0.1) is 17.5 Å². The van der Waals surface area contributed by atoms with Gasteiger partial charge < -0.3 is 4.74 Å². The van der Waals surface area contributed by atoms with E-state index < -0.39 is 0 Å². The maximum atomic E-state index is 12.1. The van der Waals surface area contributed by atoms with Crippen molar-refractivity contribution in [1.82, 2.24) is 4.98 Å². The summed E-state index contributed by atoms with van der Waals surface area (Å²) >= 11 is 1.68. The molecule has 1 aromatic carbocycles. The molecule has 20 heavy (non-hydrogen) atoms. The number of thiazole rings is 1. The Morgan fingerprint density at radius 3 is 2.65 bits per heavy atom. The van der Waals surface area contributed by atoms with E-state index in [2.05, 4.69) is 17.1 Å². The first-order valence-electron chi connectivity index (χ1n) is 6.86. The first-order valence-corrected chi connectivity index (χ1v) is 7.68. The smallest absolute Gasteiger partial charge is 0.310 e. The molecular formula is C16H17NO2S. The van der Waals surface area contributed by atoms with Crippen molar-refractivity contribution >= 4 is 17.3 Å². The van der Waals surface area contributed by atoms with E-state index in [1.54, 1.807) is 11.3 Å². The van der Waals surface area contributed by atoms with E-state index in [9.17, 15) is 4.79 Å². The third kappa shape index (κ3) is 2.36. The molecule has 3 unspecified atom stereocenters. The first-order chi connectivity index (χ1) is 9.72. The van der Waals surface area contributed by atoms with Crippen molar-refractivity contribution in [2.45, 2.75) is 25.7 Å². The van der Waals surface area contributed by atoms with Crippen LogP contribution in [0.1, 0.15) is 34.2 Å². The number of ether oxygens (including phenoxy) is 1. The van der Waals surface area contributed by atoms with E-state index in [-0.39, 0.29) is 23.7 Å². The summed E-state index contributed by atoms with van der Waals surface area (Å²) in [6, 6.07) is 10.2. The molecule has 1 saturated carbocycles. The number of rotatable bonds is 4. The van der Waals surface area contributed by atoms with Gasteiger partial charge >= 0.3 is 5.97 Å². The number of esters is 1. The van der Waals surface area contributed by atoms with Crippen molar-refractivity contribution in [3.63, 3.8) is 0 Å². The second kappa shape index (κ2) is 5.37. The average Bonchev–Trinajstić information content (AvgIpc) is 3.07. The number of aryl methyl sites for hydroxylation is 1. The topological polar surface area (TPSA) is 39.2 Å². The summed E-state index contributed by atoms with van der Waals surface area (Å²) in [5.41, 5.74) is 1.21. The van der Waals surface area contributed by atoms with Crippen LogP contribution in [0, 0.1) is 12.8 Å². The van der Waals surface area contributed by atoms with Crippen LogP contribution in [-0.4, -0.2) is 17.6 Å². The second-order valence-corrected chi connectivity index (χ2v) is 6.29. The van der Waals surface area contributed by atoms with Gasteiger partial charge in [0, 0.05) is 22.9 Å². The highest BCUT2D eigenvalue weighted by Gasteiger charge is 2.57. The summed E-state index contributed by atoms with van der Waals surface area (Å²) < 4.78 is 5.22. The Morgan fingerprint density at radius 2 is 2.05 bits per heavy atom. The van der Waals surface area contributed by atoms with Crippen LogP contribution in [0.25, 0.3) is 0 Å². The molecule has 0 saturated heterocycles. The van der Waals surface area contributed by atoms with Crippen LogP contribution in [0.4, 0.5) is 0 Å². The van der Waals surface area contributed by atoms with Crippen LogP contribution in [0.2, 0.25) is 0 Å². The molecule has 1 aliphatic rings. The number of aromatic nitrogens is 1. The van der Waals surface area contributed by atoms with Crippen molar-refractivity contribution < 1.29 is 9.53 Å². The summed E-state index contributed by atoms with van der Waals surface area (Å²) in [4.78, 5) is 17.6. The molecule has 3 nitrogen and oxygen atoms in total. The number of benzene rings is 1. The van der Waals surface area contributed by atoms with Gasteiger partial charge in [-0.15, -0.1) is 11.3 Å². The van der Waals surface area contributed by atoms with Crippen LogP contribution >= 0.6 is 11.3 Å². The normalized spacial score (nSPS) is 24.4. The lowest BCUT2D eigenvalue weighted by molar-refractivity contribution is -0.144. The SMILES string of the molecule is CCOC(=O)C1C(c2ccccc2)C1c1cnc(C)s1. The van der Waals surface area contributed by atoms with Gasteiger partial charge in [0.15, 0.2) is 0 Å². The lowest BCUT2D eigenvalue weighted by Crippen LogP contribution is -2.08. The summed E-state index contributed by atoms with van der Waals surface area (Å²) in [7, 11) is 0. The highest BCUT2D eigenvalue weighted by atomic mass is 32.1. The van der Waals surface area contributed by atoms with Crippen LogP contribution in [0.15, 0.2) is 36.5 Å². The lowest BCUT2D eigenvalue weighted by atomic mass is 10.1. The Kier molecular flexibility index (Phi) is 3.57. The number of hydrogen-bond acceptors (Lipinski definition) is 4. The molecular weight excluding hydrogens is 270 g/mol. The van der Waals surface area contributed by atoms with E-state index in [4.69, 9.17) is 4.74 Å². The zero-order valence-corrected chi connectivity index (χ0v) is 12.4. The Hall–Kier alpha value is -1.68. The molecule has 0 bridgehead atoms. The molecule has 0 aliphatic heterocycles. The van der Waals surface area contributed by atoms with Gasteiger partial charge in [-0.2, -0.15) is 0 Å². The van der Waals surface area contributed by atoms with E-state index in [1.165, 1.54) is 10.4 Å². The quantitative estimate of drug-likeness (QED) is 0.808. The number of nitrogens with zero attached hydrogens (tertiary/aromatic N) is 1. The molecule has 0 spiro atoms. The highest BCUT2D eigenvalue weighted by molar-refractivity contribution is 7.11. The molecule has 4 heteroatoms. The zero-order valence-electron chi connectivity index (χ0n) is 11.6. The minimum absolute atomic E-state index is 0.0581. The van der Waals surface area contributed by atoms with Crippen molar-refractivity contribution in [2.24, 2.45) is 5.92 Å². The molecule has 3 rings (SSSR count). The van der Waals surface area contributed by atoms with E-state index >= 15 is 0 Å².